The molecule has 0 spiro atoms. The Morgan fingerprint density at radius 3 is 2.48 bits per heavy atom. The van der Waals surface area contributed by atoms with Crippen LogP contribution in [0.4, 0.5) is 24.5 Å². The van der Waals surface area contributed by atoms with E-state index >= 15 is 0 Å². The summed E-state index contributed by atoms with van der Waals surface area (Å²) >= 11 is 0. The number of aromatic nitrogens is 1. The van der Waals surface area contributed by atoms with Gasteiger partial charge in [-0.1, -0.05) is 17.3 Å². The van der Waals surface area contributed by atoms with E-state index in [9.17, 15) is 18.0 Å². The molecule has 208 valence electrons. The van der Waals surface area contributed by atoms with Crippen LogP contribution in [0.3, 0.4) is 0 Å². The predicted octanol–water partition coefficient (Wildman–Crippen LogP) is 5.79. The Bertz CT molecular complexity index is 1420. The van der Waals surface area contributed by atoms with Crippen molar-refractivity contribution >= 4 is 23.0 Å². The summed E-state index contributed by atoms with van der Waals surface area (Å²) in [5.74, 6) is -0.249. The minimum absolute atomic E-state index is 0.0525. The second-order valence-electron chi connectivity index (χ2n) is 9.68. The summed E-state index contributed by atoms with van der Waals surface area (Å²) in [6, 6.07) is 14.5. The molecule has 40 heavy (non-hydrogen) atoms. The lowest BCUT2D eigenvalue weighted by Gasteiger charge is -2.33. The number of carbonyl (C=O) groups is 1. The van der Waals surface area contributed by atoms with E-state index in [4.69, 9.17) is 19.9 Å². The van der Waals surface area contributed by atoms with Crippen LogP contribution in [0.25, 0.3) is 11.3 Å². The second-order valence-corrected chi connectivity index (χ2v) is 9.68. The number of carbonyl (C=O) groups excluding carboxylic acids is 1. The molecule has 2 aliphatic rings. The fraction of sp³-hybridized carbons (Fsp3) is 0.357. The zero-order valence-electron chi connectivity index (χ0n) is 21.3. The van der Waals surface area contributed by atoms with Gasteiger partial charge in [-0.25, -0.2) is 0 Å². The van der Waals surface area contributed by atoms with Crippen LogP contribution in [0.2, 0.25) is 0 Å². The Hall–Kier alpha value is -4.37. The first kappa shape index (κ1) is 27.2. The number of benzene rings is 2. The molecule has 1 aromatic heterocycles. The van der Waals surface area contributed by atoms with E-state index in [0.717, 1.165) is 44.5 Å². The van der Waals surface area contributed by atoms with Gasteiger partial charge in [-0.3, -0.25) is 10.2 Å². The summed E-state index contributed by atoms with van der Waals surface area (Å²) in [4.78, 5) is 13.9. The highest BCUT2D eigenvalue weighted by Gasteiger charge is 2.36. The van der Waals surface area contributed by atoms with Crippen molar-refractivity contribution in [1.82, 2.24) is 5.16 Å². The van der Waals surface area contributed by atoms with E-state index < -0.39 is 18.0 Å². The van der Waals surface area contributed by atoms with E-state index in [1.807, 2.05) is 12.1 Å². The van der Waals surface area contributed by atoms with Gasteiger partial charge in [0.05, 0.1) is 12.7 Å². The summed E-state index contributed by atoms with van der Waals surface area (Å²) in [6.07, 6.45) is -1.54. The zero-order chi connectivity index (χ0) is 28.3. The first-order valence-corrected chi connectivity index (χ1v) is 12.8. The number of piperidine rings is 1. The number of rotatable bonds is 9. The number of nitriles is 1. The van der Waals surface area contributed by atoms with Crippen LogP contribution < -0.4 is 15.0 Å². The van der Waals surface area contributed by atoms with Crippen molar-refractivity contribution in [3.8, 4) is 23.1 Å². The quantitative estimate of drug-likeness (QED) is 0.322. The van der Waals surface area contributed by atoms with Gasteiger partial charge in [-0.15, -0.1) is 13.2 Å². The molecule has 1 aliphatic heterocycles. The van der Waals surface area contributed by atoms with Gasteiger partial charge in [0.15, 0.2) is 5.71 Å². The molecular weight excluding hydrogens is 527 g/mol. The molecule has 1 saturated carbocycles. The maximum absolute atomic E-state index is 13.0. The van der Waals surface area contributed by atoms with Gasteiger partial charge in [0.1, 0.15) is 23.3 Å². The highest BCUT2D eigenvalue weighted by atomic mass is 19.4. The minimum atomic E-state index is -4.83. The number of ether oxygens (including phenoxy) is 2. The van der Waals surface area contributed by atoms with Crippen molar-refractivity contribution in [2.45, 2.75) is 50.7 Å². The number of halogens is 3. The number of alkyl halides is 3. The van der Waals surface area contributed by atoms with Crippen LogP contribution in [0.15, 0.2) is 53.1 Å². The molecule has 5 rings (SSSR count). The van der Waals surface area contributed by atoms with E-state index in [-0.39, 0.29) is 29.9 Å². The van der Waals surface area contributed by atoms with Gasteiger partial charge in [-0.05, 0) is 62.1 Å². The molecular formula is C28H26F3N5O4. The van der Waals surface area contributed by atoms with Crippen molar-refractivity contribution in [3.63, 3.8) is 0 Å². The molecule has 2 aromatic carbocycles. The van der Waals surface area contributed by atoms with Crippen molar-refractivity contribution in [1.29, 1.82) is 10.7 Å². The maximum atomic E-state index is 13.0. The van der Waals surface area contributed by atoms with Crippen LogP contribution >= 0.6 is 0 Å². The van der Waals surface area contributed by atoms with E-state index in [2.05, 4.69) is 20.1 Å². The van der Waals surface area contributed by atoms with Crippen LogP contribution in [0, 0.1) is 16.7 Å². The molecule has 3 aromatic rings. The monoisotopic (exact) mass is 553 g/mol. The molecule has 1 amide bonds. The third-order valence-corrected chi connectivity index (χ3v) is 6.87. The first-order chi connectivity index (χ1) is 19.2. The molecule has 2 heterocycles. The topological polar surface area (TPSA) is 124 Å². The molecule has 2 N–H and O–H groups in total. The van der Waals surface area contributed by atoms with E-state index in [1.165, 1.54) is 24.3 Å². The lowest BCUT2D eigenvalue weighted by atomic mass is 10.0. The number of anilines is 2. The number of amides is 1. The second kappa shape index (κ2) is 11.4. The predicted molar refractivity (Wildman–Crippen MR) is 139 cm³/mol. The van der Waals surface area contributed by atoms with Crippen molar-refractivity contribution in [2.24, 2.45) is 0 Å². The SMILES string of the molecule is N#CC(=N)C(=O)Nc1ccc(N2CCC(OCc3c(-c4ccccc4OC(F)(F)F)noc3C3CC3)CC2)cc1. The summed E-state index contributed by atoms with van der Waals surface area (Å²) < 4.78 is 55.1. The molecule has 2 fully saturated rings. The summed E-state index contributed by atoms with van der Waals surface area (Å²) in [5.41, 5.74) is 1.96. The number of nitrogens with one attached hydrogen (secondary N) is 2. The molecule has 0 radical (unpaired) electrons. The Kier molecular flexibility index (Phi) is 7.75. The first-order valence-electron chi connectivity index (χ1n) is 12.8. The zero-order valence-corrected chi connectivity index (χ0v) is 21.3. The molecule has 0 bridgehead atoms. The number of nitrogens with zero attached hydrogens (tertiary/aromatic N) is 3. The van der Waals surface area contributed by atoms with Gasteiger partial charge in [0.2, 0.25) is 0 Å². The van der Waals surface area contributed by atoms with Gasteiger partial charge in [-0.2, -0.15) is 5.26 Å². The summed E-state index contributed by atoms with van der Waals surface area (Å²) in [7, 11) is 0. The van der Waals surface area contributed by atoms with Gasteiger partial charge < -0.3 is 24.2 Å². The lowest BCUT2D eigenvalue weighted by Crippen LogP contribution is -2.37. The van der Waals surface area contributed by atoms with Crippen LogP contribution in [0.5, 0.6) is 5.75 Å². The van der Waals surface area contributed by atoms with E-state index in [1.54, 1.807) is 18.2 Å². The number of para-hydroxylation sites is 1. The average molecular weight is 554 g/mol. The third kappa shape index (κ3) is 6.43. The van der Waals surface area contributed by atoms with E-state index in [0.29, 0.717) is 22.7 Å². The summed E-state index contributed by atoms with van der Waals surface area (Å²) in [5, 5.41) is 22.6. The third-order valence-electron chi connectivity index (χ3n) is 6.87. The molecule has 1 saturated heterocycles. The summed E-state index contributed by atoms with van der Waals surface area (Å²) in [6.45, 7) is 1.62. The van der Waals surface area contributed by atoms with Crippen molar-refractivity contribution in [2.75, 3.05) is 23.3 Å². The molecule has 12 heteroatoms. The Labute approximate surface area is 228 Å². The van der Waals surface area contributed by atoms with Gasteiger partial charge >= 0.3 is 6.36 Å². The molecule has 0 atom stereocenters. The Morgan fingerprint density at radius 1 is 1.12 bits per heavy atom. The highest BCUT2D eigenvalue weighted by Crippen LogP contribution is 2.45. The minimum Gasteiger partial charge on any atom is -0.405 e. The van der Waals surface area contributed by atoms with Gasteiger partial charge in [0.25, 0.3) is 5.91 Å². The maximum Gasteiger partial charge on any atom is 0.573 e. The van der Waals surface area contributed by atoms with Crippen LogP contribution in [-0.4, -0.2) is 42.3 Å². The Balaban J connectivity index is 1.22. The molecule has 0 unspecified atom stereocenters. The fourth-order valence-corrected chi connectivity index (χ4v) is 4.70. The number of hydrogen-bond acceptors (Lipinski definition) is 8. The van der Waals surface area contributed by atoms with Crippen molar-refractivity contribution in [3.05, 3.63) is 59.9 Å². The molecule has 9 nitrogen and oxygen atoms in total. The largest absolute Gasteiger partial charge is 0.573 e. The standard InChI is InChI=1S/C28H26F3N5O4/c29-28(30,31)39-24-4-2-1-3-21(24)25-22(26(40-35-25)17-5-6-17)16-38-20-11-13-36(14-12-20)19-9-7-18(8-10-19)34-27(37)23(33)15-32/h1-4,7-10,17,20,33H,5-6,11-14,16H2,(H,34,37). The Morgan fingerprint density at radius 2 is 1.82 bits per heavy atom. The highest BCUT2D eigenvalue weighted by molar-refractivity contribution is 6.47. The van der Waals surface area contributed by atoms with Gasteiger partial charge in [0, 0.05) is 41.5 Å². The van der Waals surface area contributed by atoms with Crippen molar-refractivity contribution < 1.29 is 32.0 Å². The average Bonchev–Trinajstić information content (AvgIpc) is 3.70. The smallest absolute Gasteiger partial charge is 0.405 e. The molecule has 1 aliphatic carbocycles. The lowest BCUT2D eigenvalue weighted by molar-refractivity contribution is -0.274. The normalized spacial score (nSPS) is 15.9. The van der Waals surface area contributed by atoms with Crippen LogP contribution in [0.1, 0.15) is 42.9 Å². The fourth-order valence-electron chi connectivity index (χ4n) is 4.70. The number of hydrogen-bond donors (Lipinski definition) is 2. The van der Waals surface area contributed by atoms with Crippen LogP contribution in [-0.2, 0) is 16.1 Å².